The normalized spacial score (nSPS) is 18.5. The number of hydrogen-bond acceptors (Lipinski definition) is 4. The number of benzene rings is 2. The molecule has 0 spiro atoms. The first-order chi connectivity index (χ1) is 14.0. The molecule has 1 heterocycles. The highest BCUT2D eigenvalue weighted by molar-refractivity contribution is 5.75. The van der Waals surface area contributed by atoms with Crippen molar-refractivity contribution in [2.24, 2.45) is 5.92 Å². The zero-order chi connectivity index (χ0) is 20.8. The zero-order valence-corrected chi connectivity index (χ0v) is 17.0. The Kier molecular flexibility index (Phi) is 6.75. The molecule has 2 unspecified atom stereocenters. The van der Waals surface area contributed by atoms with Crippen LogP contribution in [-0.4, -0.2) is 48.2 Å². The number of likely N-dealkylation sites (tertiary alicyclic amines) is 1. The third kappa shape index (κ3) is 4.88. The standard InChI is InChI=1S/C23H28N2O4/c1-3-24(4-2)19-12-10-18(11-13-19)20-14-25(15-21(20)22(26)27)23(28)29-16-17-8-6-5-7-9-17/h5-13,20-21H,3-4,14-16H2,1-2H3,(H,26,27). The Morgan fingerprint density at radius 2 is 1.69 bits per heavy atom. The molecule has 0 saturated carbocycles. The largest absolute Gasteiger partial charge is 0.481 e. The molecular weight excluding hydrogens is 368 g/mol. The molecule has 1 amide bonds. The third-order valence-corrected chi connectivity index (χ3v) is 5.55. The van der Waals surface area contributed by atoms with E-state index >= 15 is 0 Å². The monoisotopic (exact) mass is 396 g/mol. The third-order valence-electron chi connectivity index (χ3n) is 5.55. The maximum absolute atomic E-state index is 12.5. The minimum atomic E-state index is -0.888. The second-order valence-electron chi connectivity index (χ2n) is 7.26. The van der Waals surface area contributed by atoms with E-state index in [4.69, 9.17) is 4.74 Å². The van der Waals surface area contributed by atoms with Gasteiger partial charge in [-0.1, -0.05) is 42.5 Å². The predicted octanol–water partition coefficient (Wildman–Crippen LogP) is 3.97. The second kappa shape index (κ2) is 9.45. The van der Waals surface area contributed by atoms with Crippen molar-refractivity contribution in [3.63, 3.8) is 0 Å². The Morgan fingerprint density at radius 1 is 1.03 bits per heavy atom. The van der Waals surface area contributed by atoms with E-state index in [0.29, 0.717) is 6.54 Å². The lowest BCUT2D eigenvalue weighted by molar-refractivity contribution is -0.141. The van der Waals surface area contributed by atoms with Crippen LogP contribution in [0.4, 0.5) is 10.5 Å². The Bertz CT molecular complexity index is 819. The van der Waals surface area contributed by atoms with Gasteiger partial charge in [0.2, 0.25) is 0 Å². The molecule has 2 aromatic rings. The van der Waals surface area contributed by atoms with E-state index in [1.54, 1.807) is 0 Å². The lowest BCUT2D eigenvalue weighted by atomic mass is 9.89. The maximum Gasteiger partial charge on any atom is 0.410 e. The van der Waals surface area contributed by atoms with Gasteiger partial charge in [-0.15, -0.1) is 0 Å². The summed E-state index contributed by atoms with van der Waals surface area (Å²) in [6.07, 6.45) is -0.470. The van der Waals surface area contributed by atoms with Crippen LogP contribution in [0.2, 0.25) is 0 Å². The second-order valence-corrected chi connectivity index (χ2v) is 7.26. The molecule has 0 bridgehead atoms. The van der Waals surface area contributed by atoms with Gasteiger partial charge in [-0.3, -0.25) is 4.79 Å². The van der Waals surface area contributed by atoms with Crippen LogP contribution in [0.3, 0.4) is 0 Å². The van der Waals surface area contributed by atoms with Gasteiger partial charge in [0.25, 0.3) is 0 Å². The Labute approximate surface area is 171 Å². The first kappa shape index (κ1) is 20.7. The van der Waals surface area contributed by atoms with Gasteiger partial charge in [-0.05, 0) is 37.1 Å². The highest BCUT2D eigenvalue weighted by Gasteiger charge is 2.41. The number of amides is 1. The van der Waals surface area contributed by atoms with Gasteiger partial charge in [0, 0.05) is 37.8 Å². The minimum Gasteiger partial charge on any atom is -0.481 e. The van der Waals surface area contributed by atoms with E-state index in [9.17, 15) is 14.7 Å². The quantitative estimate of drug-likeness (QED) is 0.767. The van der Waals surface area contributed by atoms with E-state index in [1.807, 2.05) is 54.6 Å². The number of carbonyl (C=O) groups excluding carboxylic acids is 1. The summed E-state index contributed by atoms with van der Waals surface area (Å²) >= 11 is 0. The smallest absolute Gasteiger partial charge is 0.410 e. The molecule has 1 aliphatic rings. The minimum absolute atomic E-state index is 0.158. The fourth-order valence-electron chi connectivity index (χ4n) is 3.87. The fourth-order valence-corrected chi connectivity index (χ4v) is 3.87. The summed E-state index contributed by atoms with van der Waals surface area (Å²) in [4.78, 5) is 28.0. The number of hydrogen-bond donors (Lipinski definition) is 1. The lowest BCUT2D eigenvalue weighted by Gasteiger charge is -2.22. The molecule has 1 aliphatic heterocycles. The van der Waals surface area contributed by atoms with Gasteiger partial charge in [-0.25, -0.2) is 4.79 Å². The van der Waals surface area contributed by atoms with Crippen LogP contribution in [-0.2, 0) is 16.1 Å². The average molecular weight is 396 g/mol. The molecule has 1 saturated heterocycles. The van der Waals surface area contributed by atoms with E-state index in [-0.39, 0.29) is 19.1 Å². The zero-order valence-electron chi connectivity index (χ0n) is 17.0. The van der Waals surface area contributed by atoms with E-state index in [0.717, 1.165) is 29.9 Å². The van der Waals surface area contributed by atoms with Crippen LogP contribution in [0.15, 0.2) is 54.6 Å². The van der Waals surface area contributed by atoms with Crippen LogP contribution < -0.4 is 4.90 Å². The van der Waals surface area contributed by atoms with E-state index in [1.165, 1.54) is 4.90 Å². The first-order valence-corrected chi connectivity index (χ1v) is 10.1. The number of carboxylic acids is 1. The lowest BCUT2D eigenvalue weighted by Crippen LogP contribution is -2.30. The van der Waals surface area contributed by atoms with Gasteiger partial charge < -0.3 is 19.6 Å². The van der Waals surface area contributed by atoms with Crippen molar-refractivity contribution < 1.29 is 19.4 Å². The summed E-state index contributed by atoms with van der Waals surface area (Å²) in [7, 11) is 0. The Balaban J connectivity index is 1.68. The summed E-state index contributed by atoms with van der Waals surface area (Å²) in [5.74, 6) is -1.78. The molecule has 29 heavy (non-hydrogen) atoms. The van der Waals surface area contributed by atoms with Gasteiger partial charge in [0.05, 0.1) is 5.92 Å². The number of nitrogens with zero attached hydrogens (tertiary/aromatic N) is 2. The summed E-state index contributed by atoms with van der Waals surface area (Å²) in [6.45, 7) is 6.72. The van der Waals surface area contributed by atoms with Crippen molar-refractivity contribution in [2.45, 2.75) is 26.4 Å². The summed E-state index contributed by atoms with van der Waals surface area (Å²) in [5, 5.41) is 9.68. The van der Waals surface area contributed by atoms with Crippen LogP contribution in [0.5, 0.6) is 0 Å². The summed E-state index contributed by atoms with van der Waals surface area (Å²) in [5.41, 5.74) is 2.95. The van der Waals surface area contributed by atoms with Crippen molar-refractivity contribution in [1.82, 2.24) is 4.90 Å². The van der Waals surface area contributed by atoms with Crippen molar-refractivity contribution in [3.05, 3.63) is 65.7 Å². The van der Waals surface area contributed by atoms with E-state index in [2.05, 4.69) is 18.7 Å². The molecule has 2 aromatic carbocycles. The van der Waals surface area contributed by atoms with Gasteiger partial charge in [0.1, 0.15) is 6.61 Å². The topological polar surface area (TPSA) is 70.1 Å². The molecule has 1 fully saturated rings. The Morgan fingerprint density at radius 3 is 2.28 bits per heavy atom. The van der Waals surface area contributed by atoms with Crippen LogP contribution in [0, 0.1) is 5.92 Å². The van der Waals surface area contributed by atoms with Crippen molar-refractivity contribution >= 4 is 17.7 Å². The average Bonchev–Trinajstić information content (AvgIpc) is 3.20. The maximum atomic E-state index is 12.5. The number of ether oxygens (including phenoxy) is 1. The SMILES string of the molecule is CCN(CC)c1ccc(C2CN(C(=O)OCc3ccccc3)CC2C(=O)O)cc1. The number of carbonyl (C=O) groups is 2. The first-order valence-electron chi connectivity index (χ1n) is 10.1. The van der Waals surface area contributed by atoms with Crippen molar-refractivity contribution in [1.29, 1.82) is 0 Å². The molecule has 2 atom stereocenters. The number of rotatable bonds is 7. The molecule has 6 nitrogen and oxygen atoms in total. The van der Waals surface area contributed by atoms with Gasteiger partial charge in [-0.2, -0.15) is 0 Å². The highest BCUT2D eigenvalue weighted by atomic mass is 16.6. The highest BCUT2D eigenvalue weighted by Crippen LogP contribution is 2.34. The van der Waals surface area contributed by atoms with Crippen LogP contribution in [0.1, 0.15) is 30.9 Å². The summed E-state index contributed by atoms with van der Waals surface area (Å²) in [6, 6.07) is 17.5. The number of aliphatic carboxylic acids is 1. The molecule has 1 N–H and O–H groups in total. The van der Waals surface area contributed by atoms with Crippen molar-refractivity contribution in [2.75, 3.05) is 31.1 Å². The molecule has 6 heteroatoms. The molecule has 3 rings (SSSR count). The molecule has 0 aliphatic carbocycles. The molecule has 0 radical (unpaired) electrons. The van der Waals surface area contributed by atoms with Crippen molar-refractivity contribution in [3.8, 4) is 0 Å². The molecule has 0 aromatic heterocycles. The van der Waals surface area contributed by atoms with Crippen LogP contribution >= 0.6 is 0 Å². The van der Waals surface area contributed by atoms with Gasteiger partial charge in [0.15, 0.2) is 0 Å². The summed E-state index contributed by atoms with van der Waals surface area (Å²) < 4.78 is 5.39. The number of anilines is 1. The predicted molar refractivity (Wildman–Crippen MR) is 112 cm³/mol. The van der Waals surface area contributed by atoms with E-state index < -0.39 is 18.0 Å². The number of carboxylic acid groups (broad SMARTS) is 1. The molecular formula is C23H28N2O4. The van der Waals surface area contributed by atoms with Gasteiger partial charge >= 0.3 is 12.1 Å². The molecule has 154 valence electrons. The van der Waals surface area contributed by atoms with Crippen LogP contribution in [0.25, 0.3) is 0 Å². The Hall–Kier alpha value is -3.02. The fraction of sp³-hybridized carbons (Fsp3) is 0.391.